The van der Waals surface area contributed by atoms with Crippen molar-refractivity contribution in [1.82, 2.24) is 4.57 Å². The average Bonchev–Trinajstić information content (AvgIpc) is 2.56. The highest BCUT2D eigenvalue weighted by atomic mass is 32.3. The molecule has 0 fully saturated rings. The van der Waals surface area contributed by atoms with Gasteiger partial charge in [-0.05, 0) is 6.42 Å². The molecule has 0 aliphatic rings. The summed E-state index contributed by atoms with van der Waals surface area (Å²) in [5.74, 6) is 0.974. The summed E-state index contributed by atoms with van der Waals surface area (Å²) in [5, 5.41) is 0. The fraction of sp³-hybridized carbons (Fsp3) is 0.700. The van der Waals surface area contributed by atoms with E-state index in [1.54, 1.807) is 0 Å². The Bertz CT molecular complexity index is 453. The van der Waals surface area contributed by atoms with E-state index in [0.717, 1.165) is 25.2 Å². The maximum atomic E-state index is 10.4. The van der Waals surface area contributed by atoms with Gasteiger partial charge in [-0.25, -0.2) is 13.3 Å². The van der Waals surface area contributed by atoms with Crippen LogP contribution in [0.5, 0.6) is 0 Å². The van der Waals surface area contributed by atoms with Gasteiger partial charge in [-0.2, -0.15) is 8.42 Å². The molecule has 0 radical (unpaired) electrons. The lowest BCUT2D eigenvalue weighted by molar-refractivity contribution is -0.678. The highest BCUT2D eigenvalue weighted by Gasteiger charge is 2.15. The van der Waals surface area contributed by atoms with Gasteiger partial charge in [0.2, 0.25) is 0 Å². The predicted octanol–water partition coefficient (Wildman–Crippen LogP) is 0.475. The molecule has 1 aromatic heterocycles. The van der Waals surface area contributed by atoms with Crippen molar-refractivity contribution in [1.29, 1.82) is 0 Å². The Balaban J connectivity index is 2.59. The molecule has 7 heteroatoms. The van der Waals surface area contributed by atoms with Gasteiger partial charge in [0, 0.05) is 0 Å². The van der Waals surface area contributed by atoms with Crippen molar-refractivity contribution in [2.24, 2.45) is 7.05 Å². The van der Waals surface area contributed by atoms with Gasteiger partial charge < -0.3 is 0 Å². The zero-order valence-electron chi connectivity index (χ0n) is 10.2. The van der Waals surface area contributed by atoms with Crippen LogP contribution in [0, 0.1) is 0 Å². The van der Waals surface area contributed by atoms with E-state index in [-0.39, 0.29) is 6.61 Å². The first-order chi connectivity index (χ1) is 7.94. The van der Waals surface area contributed by atoms with Crippen LogP contribution in [-0.2, 0) is 34.6 Å². The third-order valence-electron chi connectivity index (χ3n) is 2.52. The number of aromatic nitrogens is 2. The third-order valence-corrected chi connectivity index (χ3v) is 2.98. The Morgan fingerprint density at radius 2 is 2.24 bits per heavy atom. The Kier molecular flexibility index (Phi) is 5.10. The minimum Gasteiger partial charge on any atom is -0.264 e. The normalized spacial score (nSPS) is 11.9. The average molecular weight is 263 g/mol. The van der Waals surface area contributed by atoms with Gasteiger partial charge in [0.25, 0.3) is 5.82 Å². The Morgan fingerprint density at radius 3 is 2.82 bits per heavy atom. The summed E-state index contributed by atoms with van der Waals surface area (Å²) in [5.41, 5.74) is 0. The van der Waals surface area contributed by atoms with Gasteiger partial charge in [0.05, 0.1) is 26.6 Å². The van der Waals surface area contributed by atoms with Gasteiger partial charge in [-0.1, -0.05) is 13.3 Å². The first-order valence-electron chi connectivity index (χ1n) is 5.59. The summed E-state index contributed by atoms with van der Waals surface area (Å²) in [6, 6.07) is 0. The molecule has 0 aliphatic carbocycles. The number of nitrogens with zero attached hydrogens (tertiary/aromatic N) is 2. The van der Waals surface area contributed by atoms with Gasteiger partial charge >= 0.3 is 10.4 Å². The van der Waals surface area contributed by atoms with Gasteiger partial charge in [0.15, 0.2) is 0 Å². The molecule has 0 bridgehead atoms. The number of unbranched alkanes of at least 4 members (excludes halogenated alkanes) is 1. The molecule has 0 saturated heterocycles. The van der Waals surface area contributed by atoms with Crippen molar-refractivity contribution in [2.45, 2.75) is 32.7 Å². The molecule has 0 amide bonds. The molecule has 0 aliphatic heterocycles. The van der Waals surface area contributed by atoms with Crippen LogP contribution in [0.3, 0.4) is 0 Å². The first kappa shape index (κ1) is 14.1. The van der Waals surface area contributed by atoms with Gasteiger partial charge in [-0.3, -0.25) is 4.55 Å². The van der Waals surface area contributed by atoms with Crippen LogP contribution in [0.1, 0.15) is 25.6 Å². The van der Waals surface area contributed by atoms with Crippen molar-refractivity contribution in [3.63, 3.8) is 0 Å². The zero-order chi connectivity index (χ0) is 12.9. The minimum atomic E-state index is -4.34. The van der Waals surface area contributed by atoms with Crippen molar-refractivity contribution in [3.05, 3.63) is 18.2 Å². The number of rotatable bonds is 7. The molecule has 0 unspecified atom stereocenters. The lowest BCUT2D eigenvalue weighted by atomic mass is 10.3. The summed E-state index contributed by atoms with van der Waals surface area (Å²) in [6.45, 7) is 2.96. The maximum Gasteiger partial charge on any atom is 0.397 e. The largest absolute Gasteiger partial charge is 0.397 e. The minimum absolute atomic E-state index is 0.0528. The van der Waals surface area contributed by atoms with Gasteiger partial charge in [0.1, 0.15) is 12.4 Å². The fourth-order valence-corrected chi connectivity index (χ4v) is 1.94. The second kappa shape index (κ2) is 6.13. The molecule has 1 aromatic rings. The van der Waals surface area contributed by atoms with E-state index in [4.69, 9.17) is 4.55 Å². The highest BCUT2D eigenvalue weighted by Crippen LogP contribution is 2.01. The van der Waals surface area contributed by atoms with E-state index in [9.17, 15) is 8.42 Å². The van der Waals surface area contributed by atoms with Crippen LogP contribution in [0.2, 0.25) is 0 Å². The van der Waals surface area contributed by atoms with Gasteiger partial charge in [-0.15, -0.1) is 0 Å². The lowest BCUT2D eigenvalue weighted by Gasteiger charge is -2.02. The van der Waals surface area contributed by atoms with E-state index in [1.165, 1.54) is 0 Å². The molecule has 0 spiro atoms. The van der Waals surface area contributed by atoms with Crippen LogP contribution in [0.15, 0.2) is 12.4 Å². The molecular formula is C10H19N2O4S+. The van der Waals surface area contributed by atoms with E-state index in [0.29, 0.717) is 6.42 Å². The third kappa shape index (κ3) is 4.84. The van der Waals surface area contributed by atoms with E-state index in [2.05, 4.69) is 15.7 Å². The molecular weight excluding hydrogens is 244 g/mol. The summed E-state index contributed by atoms with van der Waals surface area (Å²) >= 11 is 0. The Morgan fingerprint density at radius 1 is 1.53 bits per heavy atom. The summed E-state index contributed by atoms with van der Waals surface area (Å²) in [6.07, 6.45) is 6.48. The monoisotopic (exact) mass is 263 g/mol. The summed E-state index contributed by atoms with van der Waals surface area (Å²) in [7, 11) is -2.44. The van der Waals surface area contributed by atoms with Crippen LogP contribution >= 0.6 is 0 Å². The topological polar surface area (TPSA) is 72.4 Å². The predicted molar refractivity (Wildman–Crippen MR) is 61.7 cm³/mol. The smallest absolute Gasteiger partial charge is 0.264 e. The van der Waals surface area contributed by atoms with E-state index in [1.807, 2.05) is 24.0 Å². The Labute approximate surface area is 102 Å². The second-order valence-corrected chi connectivity index (χ2v) is 4.96. The standard InChI is InChI=1S/C10H18N2O4S/c1-3-4-6-12-8-7-11(2)10(12)5-9-16-17(13,14)15/h7-8H,3-6,9H2,1-2H3/p+1. The first-order valence-corrected chi connectivity index (χ1v) is 6.96. The molecule has 1 heterocycles. The maximum absolute atomic E-state index is 10.4. The molecule has 1 rings (SSSR count). The molecule has 0 atom stereocenters. The molecule has 98 valence electrons. The number of imidazole rings is 1. The van der Waals surface area contributed by atoms with Crippen LogP contribution in [-0.4, -0.2) is 24.1 Å². The number of hydrogen-bond donors (Lipinski definition) is 1. The number of aryl methyl sites for hydroxylation is 2. The summed E-state index contributed by atoms with van der Waals surface area (Å²) < 4.78 is 37.6. The van der Waals surface area contributed by atoms with E-state index < -0.39 is 10.4 Å². The fourth-order valence-electron chi connectivity index (χ4n) is 1.65. The molecule has 6 nitrogen and oxygen atoms in total. The molecule has 0 aromatic carbocycles. The zero-order valence-corrected chi connectivity index (χ0v) is 11.0. The second-order valence-electron chi connectivity index (χ2n) is 3.87. The van der Waals surface area contributed by atoms with Crippen molar-refractivity contribution >= 4 is 10.4 Å². The van der Waals surface area contributed by atoms with Crippen molar-refractivity contribution in [3.8, 4) is 0 Å². The summed E-state index contributed by atoms with van der Waals surface area (Å²) in [4.78, 5) is 0. The van der Waals surface area contributed by atoms with Crippen LogP contribution in [0.25, 0.3) is 0 Å². The lowest BCUT2D eigenvalue weighted by Crippen LogP contribution is -2.33. The van der Waals surface area contributed by atoms with Crippen molar-refractivity contribution in [2.75, 3.05) is 6.61 Å². The number of hydrogen-bond acceptors (Lipinski definition) is 3. The quantitative estimate of drug-likeness (QED) is 0.573. The molecule has 1 N–H and O–H groups in total. The van der Waals surface area contributed by atoms with Crippen molar-refractivity contribution < 1.29 is 21.7 Å². The van der Waals surface area contributed by atoms with Crippen LogP contribution in [0.4, 0.5) is 0 Å². The molecule has 0 saturated carbocycles. The van der Waals surface area contributed by atoms with E-state index >= 15 is 0 Å². The Hall–Kier alpha value is -0.920. The SMILES string of the molecule is CCCCn1cc[n+](C)c1CCOS(=O)(=O)O. The molecule has 17 heavy (non-hydrogen) atoms. The highest BCUT2D eigenvalue weighted by molar-refractivity contribution is 7.80. The van der Waals surface area contributed by atoms with Crippen LogP contribution < -0.4 is 4.57 Å².